The number of benzene rings is 2. The molecule has 1 aromatic heterocycles. The van der Waals surface area contributed by atoms with Crippen molar-refractivity contribution in [2.75, 3.05) is 0 Å². The van der Waals surface area contributed by atoms with E-state index in [0.717, 1.165) is 27.8 Å². The standard InChI is InChI=1S/C25H29F3NSi/c1-17-13-19(16-25(26,27)28)14-23(18(17)2)24-22-8-7-21(30(4)11-5-6-12-30)15-20(22)9-10-29(24)3/h7-10,13-15H,5-6,11-12,16H2,1-4H3/q+1. The molecule has 5 heteroatoms. The molecule has 0 amide bonds. The van der Waals surface area contributed by atoms with Crippen molar-refractivity contribution < 1.29 is 17.7 Å². The summed E-state index contributed by atoms with van der Waals surface area (Å²) in [5.74, 6) is 0. The van der Waals surface area contributed by atoms with E-state index in [9.17, 15) is 13.2 Å². The molecule has 1 saturated heterocycles. The van der Waals surface area contributed by atoms with Gasteiger partial charge in [0.15, 0.2) is 6.20 Å². The van der Waals surface area contributed by atoms with E-state index in [1.807, 2.05) is 31.7 Å². The summed E-state index contributed by atoms with van der Waals surface area (Å²) in [6.45, 7) is 6.38. The van der Waals surface area contributed by atoms with Gasteiger partial charge < -0.3 is 0 Å². The lowest BCUT2D eigenvalue weighted by atomic mass is 9.93. The number of aromatic nitrogens is 1. The Hall–Kier alpha value is -2.14. The maximum absolute atomic E-state index is 13.1. The van der Waals surface area contributed by atoms with Gasteiger partial charge in [0.1, 0.15) is 7.05 Å². The number of hydrogen-bond donors (Lipinski definition) is 0. The molecule has 0 unspecified atom stereocenters. The highest BCUT2D eigenvalue weighted by atomic mass is 28.3. The van der Waals surface area contributed by atoms with Crippen molar-refractivity contribution >= 4 is 24.0 Å². The van der Waals surface area contributed by atoms with E-state index in [1.54, 1.807) is 12.1 Å². The molecule has 0 spiro atoms. The normalized spacial score (nSPS) is 16.4. The molecule has 1 fully saturated rings. The van der Waals surface area contributed by atoms with Crippen LogP contribution in [-0.4, -0.2) is 14.3 Å². The van der Waals surface area contributed by atoms with E-state index >= 15 is 0 Å². The van der Waals surface area contributed by atoms with Crippen molar-refractivity contribution in [2.45, 2.75) is 57.9 Å². The average molecular weight is 429 g/mol. The Balaban J connectivity index is 1.89. The minimum absolute atomic E-state index is 0.320. The summed E-state index contributed by atoms with van der Waals surface area (Å²) in [5.41, 5.74) is 4.12. The fraction of sp³-hybridized carbons (Fsp3) is 0.400. The highest BCUT2D eigenvalue weighted by Crippen LogP contribution is 2.34. The number of halogens is 3. The predicted octanol–water partition coefficient (Wildman–Crippen LogP) is 6.13. The van der Waals surface area contributed by atoms with Gasteiger partial charge in [-0.3, -0.25) is 0 Å². The molecule has 30 heavy (non-hydrogen) atoms. The predicted molar refractivity (Wildman–Crippen MR) is 120 cm³/mol. The number of aryl methyl sites for hydroxylation is 2. The van der Waals surface area contributed by atoms with Crippen LogP contribution in [0, 0.1) is 13.8 Å². The molecule has 1 nitrogen and oxygen atoms in total. The number of hydrogen-bond acceptors (Lipinski definition) is 0. The Kier molecular flexibility index (Phi) is 5.29. The van der Waals surface area contributed by atoms with E-state index in [0.29, 0.717) is 5.56 Å². The molecule has 0 radical (unpaired) electrons. The summed E-state index contributed by atoms with van der Waals surface area (Å²) in [7, 11) is 0.596. The van der Waals surface area contributed by atoms with Crippen molar-refractivity contribution in [2.24, 2.45) is 7.05 Å². The van der Waals surface area contributed by atoms with Gasteiger partial charge in [-0.15, -0.1) is 0 Å². The molecule has 0 saturated carbocycles. The fourth-order valence-corrected chi connectivity index (χ4v) is 8.92. The van der Waals surface area contributed by atoms with Gasteiger partial charge in [0.05, 0.1) is 25.4 Å². The van der Waals surface area contributed by atoms with Crippen LogP contribution in [0.3, 0.4) is 0 Å². The van der Waals surface area contributed by atoms with Crippen LogP contribution >= 0.6 is 0 Å². The van der Waals surface area contributed by atoms with Crippen molar-refractivity contribution in [3.05, 3.63) is 59.3 Å². The van der Waals surface area contributed by atoms with Gasteiger partial charge in [0.25, 0.3) is 0 Å². The Labute approximate surface area is 177 Å². The molecule has 1 aliphatic heterocycles. The SMILES string of the molecule is Cc1cc(CC(F)(F)F)cc(-c2c3ccc([Si]4(C)CCCC4)cc3cc[n+]2C)c1C. The van der Waals surface area contributed by atoms with E-state index in [4.69, 9.17) is 0 Å². The van der Waals surface area contributed by atoms with Crippen molar-refractivity contribution in [1.82, 2.24) is 0 Å². The lowest BCUT2D eigenvalue weighted by Gasteiger charge is -2.22. The van der Waals surface area contributed by atoms with Crippen LogP contribution in [0.1, 0.15) is 29.5 Å². The molecule has 0 bridgehead atoms. The second kappa shape index (κ2) is 7.52. The summed E-state index contributed by atoms with van der Waals surface area (Å²) in [6, 6.07) is 15.1. The third kappa shape index (κ3) is 3.92. The molecule has 0 aliphatic carbocycles. The lowest BCUT2D eigenvalue weighted by molar-refractivity contribution is -0.659. The molecule has 4 rings (SSSR count). The smallest absolute Gasteiger partial charge is 0.200 e. The van der Waals surface area contributed by atoms with Gasteiger partial charge >= 0.3 is 6.18 Å². The number of fused-ring (bicyclic) bond motifs is 1. The van der Waals surface area contributed by atoms with Crippen LogP contribution in [-0.2, 0) is 13.5 Å². The van der Waals surface area contributed by atoms with Gasteiger partial charge in [-0.05, 0) is 48.1 Å². The summed E-state index contributed by atoms with van der Waals surface area (Å²) in [6.07, 6.45) is -0.411. The van der Waals surface area contributed by atoms with Crippen molar-refractivity contribution in [3.63, 3.8) is 0 Å². The largest absolute Gasteiger partial charge is 0.393 e. The number of nitrogens with zero attached hydrogens (tertiary/aromatic N) is 1. The summed E-state index contributed by atoms with van der Waals surface area (Å²) >= 11 is 0. The molecule has 158 valence electrons. The number of rotatable bonds is 3. The molecule has 2 aromatic carbocycles. The van der Waals surface area contributed by atoms with Crippen LogP contribution in [0.25, 0.3) is 22.0 Å². The highest BCUT2D eigenvalue weighted by Gasteiger charge is 2.33. The second-order valence-electron chi connectivity index (χ2n) is 9.22. The molecule has 1 aliphatic rings. The first-order valence-corrected chi connectivity index (χ1v) is 13.6. The van der Waals surface area contributed by atoms with Crippen molar-refractivity contribution in [3.8, 4) is 11.3 Å². The first-order chi connectivity index (χ1) is 14.1. The molecule has 0 N–H and O–H groups in total. The number of pyridine rings is 1. The molecule has 3 aromatic rings. The van der Waals surface area contributed by atoms with Crippen LogP contribution in [0.15, 0.2) is 42.6 Å². The summed E-state index contributed by atoms with van der Waals surface area (Å²) in [5, 5.41) is 3.79. The van der Waals surface area contributed by atoms with Gasteiger partial charge in [0.2, 0.25) is 5.69 Å². The number of alkyl halides is 3. The zero-order valence-corrected chi connectivity index (χ0v) is 19.2. The zero-order valence-electron chi connectivity index (χ0n) is 18.2. The van der Waals surface area contributed by atoms with E-state index in [-0.39, 0.29) is 0 Å². The van der Waals surface area contributed by atoms with Gasteiger partial charge in [0, 0.05) is 6.07 Å². The molecular formula is C25H29F3NSi+. The van der Waals surface area contributed by atoms with E-state index < -0.39 is 20.7 Å². The third-order valence-corrected chi connectivity index (χ3v) is 11.5. The second-order valence-corrected chi connectivity index (χ2v) is 13.9. The Morgan fingerprint density at radius 2 is 1.70 bits per heavy atom. The van der Waals surface area contributed by atoms with Crippen LogP contribution in [0.2, 0.25) is 18.6 Å². The van der Waals surface area contributed by atoms with Gasteiger partial charge in [-0.1, -0.05) is 54.9 Å². The van der Waals surface area contributed by atoms with E-state index in [2.05, 4.69) is 30.8 Å². The minimum atomic E-state index is -4.21. The van der Waals surface area contributed by atoms with Crippen LogP contribution in [0.4, 0.5) is 13.2 Å². The maximum Gasteiger partial charge on any atom is 0.393 e. The highest BCUT2D eigenvalue weighted by molar-refractivity contribution is 6.91. The zero-order chi connectivity index (χ0) is 21.7. The molecule has 0 atom stereocenters. The van der Waals surface area contributed by atoms with Gasteiger partial charge in [-0.25, -0.2) is 4.57 Å². The summed E-state index contributed by atoms with van der Waals surface area (Å²) in [4.78, 5) is 0. The van der Waals surface area contributed by atoms with Crippen LogP contribution < -0.4 is 9.75 Å². The first kappa shape index (κ1) is 21.1. The van der Waals surface area contributed by atoms with Crippen molar-refractivity contribution in [1.29, 1.82) is 0 Å². The lowest BCUT2D eigenvalue weighted by Crippen LogP contribution is -2.41. The van der Waals surface area contributed by atoms with Gasteiger partial charge in [-0.2, -0.15) is 13.2 Å². The Morgan fingerprint density at radius 3 is 2.37 bits per heavy atom. The first-order valence-electron chi connectivity index (χ1n) is 10.7. The Morgan fingerprint density at radius 1 is 1.00 bits per heavy atom. The monoisotopic (exact) mass is 428 g/mol. The minimum Gasteiger partial charge on any atom is -0.200 e. The van der Waals surface area contributed by atoms with E-state index in [1.165, 1.54) is 35.5 Å². The maximum atomic E-state index is 13.1. The Bertz CT molecular complexity index is 1110. The van der Waals surface area contributed by atoms with Crippen LogP contribution in [0.5, 0.6) is 0 Å². The third-order valence-electron chi connectivity index (χ3n) is 6.93. The quantitative estimate of drug-likeness (QED) is 0.349. The average Bonchev–Trinajstić information content (AvgIpc) is 3.11. The summed E-state index contributed by atoms with van der Waals surface area (Å²) < 4.78 is 41.2. The molecular weight excluding hydrogens is 399 g/mol. The fourth-order valence-electron chi connectivity index (χ4n) is 5.04. The topological polar surface area (TPSA) is 3.88 Å². The molecule has 2 heterocycles.